The van der Waals surface area contributed by atoms with Gasteiger partial charge in [0.15, 0.2) is 0 Å². The van der Waals surface area contributed by atoms with Crippen molar-refractivity contribution in [3.63, 3.8) is 0 Å². The average molecular weight is 326 g/mol. The highest BCUT2D eigenvalue weighted by Gasteiger charge is 2.12. The molecule has 1 aromatic heterocycles. The summed E-state index contributed by atoms with van der Waals surface area (Å²) in [6.07, 6.45) is 0. The van der Waals surface area contributed by atoms with Crippen molar-refractivity contribution in [3.8, 4) is 5.69 Å². The molecule has 0 saturated heterocycles. The number of aryl methyl sites for hydroxylation is 1. The summed E-state index contributed by atoms with van der Waals surface area (Å²) in [4.78, 5) is 0. The molecule has 3 aromatic rings. The zero-order chi connectivity index (χ0) is 16.2. The first-order chi connectivity index (χ1) is 11.1. The Balaban J connectivity index is 1.74. The van der Waals surface area contributed by atoms with E-state index < -0.39 is 0 Å². The van der Waals surface area contributed by atoms with E-state index in [1.807, 2.05) is 35.0 Å². The van der Waals surface area contributed by atoms with Crippen molar-refractivity contribution < 1.29 is 0 Å². The number of benzene rings is 2. The molecule has 3 rings (SSSR count). The SMILES string of the molecule is Cc1nn(-c2ccc(Cl)cc2)c(C)c1CNCc1ccccc1. The molecule has 23 heavy (non-hydrogen) atoms. The molecular formula is C19H20ClN3. The molecule has 0 amide bonds. The second kappa shape index (κ2) is 6.99. The maximum atomic E-state index is 5.96. The normalized spacial score (nSPS) is 10.9. The van der Waals surface area contributed by atoms with E-state index in [2.05, 4.69) is 48.5 Å². The second-order valence-corrected chi connectivity index (χ2v) is 6.06. The smallest absolute Gasteiger partial charge is 0.0649 e. The first kappa shape index (κ1) is 15.8. The minimum atomic E-state index is 0.736. The van der Waals surface area contributed by atoms with Crippen LogP contribution < -0.4 is 5.32 Å². The van der Waals surface area contributed by atoms with Crippen LogP contribution in [0.3, 0.4) is 0 Å². The fraction of sp³-hybridized carbons (Fsp3) is 0.211. The molecule has 1 heterocycles. The fourth-order valence-electron chi connectivity index (χ4n) is 2.69. The van der Waals surface area contributed by atoms with Gasteiger partial charge >= 0.3 is 0 Å². The Kier molecular flexibility index (Phi) is 4.79. The molecule has 3 nitrogen and oxygen atoms in total. The zero-order valence-electron chi connectivity index (χ0n) is 13.4. The average Bonchev–Trinajstić information content (AvgIpc) is 2.85. The van der Waals surface area contributed by atoms with E-state index in [-0.39, 0.29) is 0 Å². The molecular weight excluding hydrogens is 306 g/mol. The van der Waals surface area contributed by atoms with Crippen LogP contribution in [0.1, 0.15) is 22.5 Å². The topological polar surface area (TPSA) is 29.9 Å². The standard InChI is InChI=1S/C19H20ClN3/c1-14-19(13-21-12-16-6-4-3-5-7-16)15(2)23(22-14)18-10-8-17(20)9-11-18/h3-11,21H,12-13H2,1-2H3. The lowest BCUT2D eigenvalue weighted by molar-refractivity contribution is 0.687. The first-order valence-corrected chi connectivity index (χ1v) is 8.08. The Hall–Kier alpha value is -2.10. The van der Waals surface area contributed by atoms with Crippen LogP contribution >= 0.6 is 11.6 Å². The van der Waals surface area contributed by atoms with Gasteiger partial charge in [0, 0.05) is 29.4 Å². The van der Waals surface area contributed by atoms with Gasteiger partial charge in [-0.1, -0.05) is 41.9 Å². The van der Waals surface area contributed by atoms with Crippen molar-refractivity contribution in [2.24, 2.45) is 0 Å². The first-order valence-electron chi connectivity index (χ1n) is 7.71. The van der Waals surface area contributed by atoms with Crippen molar-refractivity contribution >= 4 is 11.6 Å². The highest BCUT2D eigenvalue weighted by molar-refractivity contribution is 6.30. The van der Waals surface area contributed by atoms with E-state index in [1.54, 1.807) is 0 Å². The van der Waals surface area contributed by atoms with Gasteiger partial charge in [0.1, 0.15) is 0 Å². The minimum absolute atomic E-state index is 0.736. The van der Waals surface area contributed by atoms with Gasteiger partial charge in [0.05, 0.1) is 11.4 Å². The Morgan fingerprint density at radius 3 is 2.35 bits per heavy atom. The Morgan fingerprint density at radius 2 is 1.65 bits per heavy atom. The van der Waals surface area contributed by atoms with E-state index in [0.29, 0.717) is 0 Å². The second-order valence-electron chi connectivity index (χ2n) is 5.63. The molecule has 0 aliphatic rings. The Labute approximate surface area is 141 Å². The summed E-state index contributed by atoms with van der Waals surface area (Å²) in [7, 11) is 0. The van der Waals surface area contributed by atoms with Gasteiger partial charge in [0.25, 0.3) is 0 Å². The molecule has 0 aliphatic carbocycles. The van der Waals surface area contributed by atoms with Crippen molar-refractivity contribution in [2.75, 3.05) is 0 Å². The largest absolute Gasteiger partial charge is 0.308 e. The van der Waals surface area contributed by atoms with Crippen molar-refractivity contribution in [1.29, 1.82) is 0 Å². The van der Waals surface area contributed by atoms with Gasteiger partial charge < -0.3 is 5.32 Å². The maximum Gasteiger partial charge on any atom is 0.0649 e. The van der Waals surface area contributed by atoms with Crippen LogP contribution in [0.5, 0.6) is 0 Å². The number of hydrogen-bond acceptors (Lipinski definition) is 2. The van der Waals surface area contributed by atoms with Crippen LogP contribution in [0, 0.1) is 13.8 Å². The zero-order valence-corrected chi connectivity index (χ0v) is 14.1. The fourth-order valence-corrected chi connectivity index (χ4v) is 2.82. The van der Waals surface area contributed by atoms with Gasteiger partial charge in [-0.05, 0) is 43.7 Å². The van der Waals surface area contributed by atoms with Gasteiger partial charge in [-0.25, -0.2) is 4.68 Å². The molecule has 0 bridgehead atoms. The molecule has 118 valence electrons. The maximum absolute atomic E-state index is 5.96. The van der Waals surface area contributed by atoms with Crippen LogP contribution in [0.2, 0.25) is 5.02 Å². The Morgan fingerprint density at radius 1 is 0.957 bits per heavy atom. The minimum Gasteiger partial charge on any atom is -0.308 e. The summed E-state index contributed by atoms with van der Waals surface area (Å²) in [5, 5.41) is 8.90. The number of nitrogens with one attached hydrogen (secondary N) is 1. The van der Waals surface area contributed by atoms with Gasteiger partial charge in [-0.15, -0.1) is 0 Å². The van der Waals surface area contributed by atoms with Crippen LogP contribution in [-0.2, 0) is 13.1 Å². The van der Waals surface area contributed by atoms with Crippen LogP contribution in [0.15, 0.2) is 54.6 Å². The molecule has 4 heteroatoms. The van der Waals surface area contributed by atoms with E-state index in [4.69, 9.17) is 11.6 Å². The summed E-state index contributed by atoms with van der Waals surface area (Å²) in [5.41, 5.74) is 5.77. The summed E-state index contributed by atoms with van der Waals surface area (Å²) in [6, 6.07) is 18.2. The predicted molar refractivity (Wildman–Crippen MR) is 95.0 cm³/mol. The van der Waals surface area contributed by atoms with Crippen LogP contribution in [0.25, 0.3) is 5.69 Å². The predicted octanol–water partition coefficient (Wildman–Crippen LogP) is 4.43. The molecule has 1 N–H and O–H groups in total. The lowest BCUT2D eigenvalue weighted by Crippen LogP contribution is -2.13. The van der Waals surface area contributed by atoms with Gasteiger partial charge in [0.2, 0.25) is 0 Å². The summed E-state index contributed by atoms with van der Waals surface area (Å²) < 4.78 is 1.98. The van der Waals surface area contributed by atoms with E-state index in [0.717, 1.165) is 35.2 Å². The third-order valence-electron chi connectivity index (χ3n) is 3.99. The van der Waals surface area contributed by atoms with E-state index >= 15 is 0 Å². The van der Waals surface area contributed by atoms with E-state index in [1.165, 1.54) is 11.1 Å². The van der Waals surface area contributed by atoms with Crippen molar-refractivity contribution in [3.05, 3.63) is 82.1 Å². The number of hydrogen-bond donors (Lipinski definition) is 1. The third kappa shape index (κ3) is 3.63. The van der Waals surface area contributed by atoms with Gasteiger partial charge in [-0.2, -0.15) is 5.10 Å². The lowest BCUT2D eigenvalue weighted by Gasteiger charge is -2.07. The Bertz CT molecular complexity index is 776. The monoisotopic (exact) mass is 325 g/mol. The summed E-state index contributed by atoms with van der Waals surface area (Å²) in [5.74, 6) is 0. The molecule has 0 unspecified atom stereocenters. The molecule has 2 aromatic carbocycles. The number of rotatable bonds is 5. The van der Waals surface area contributed by atoms with Gasteiger partial charge in [-0.3, -0.25) is 0 Å². The van der Waals surface area contributed by atoms with E-state index in [9.17, 15) is 0 Å². The highest BCUT2D eigenvalue weighted by Crippen LogP contribution is 2.19. The van der Waals surface area contributed by atoms with Crippen LogP contribution in [0.4, 0.5) is 0 Å². The molecule has 0 fully saturated rings. The molecule has 0 saturated carbocycles. The molecule has 0 radical (unpaired) electrons. The highest BCUT2D eigenvalue weighted by atomic mass is 35.5. The number of aromatic nitrogens is 2. The molecule has 0 atom stereocenters. The summed E-state index contributed by atoms with van der Waals surface area (Å²) >= 11 is 5.96. The quantitative estimate of drug-likeness (QED) is 0.752. The number of halogens is 1. The summed E-state index contributed by atoms with van der Waals surface area (Å²) in [6.45, 7) is 5.82. The van der Waals surface area contributed by atoms with Crippen molar-refractivity contribution in [2.45, 2.75) is 26.9 Å². The molecule has 0 aliphatic heterocycles. The number of nitrogens with zero attached hydrogens (tertiary/aromatic N) is 2. The molecule has 0 spiro atoms. The van der Waals surface area contributed by atoms with Crippen LogP contribution in [-0.4, -0.2) is 9.78 Å². The van der Waals surface area contributed by atoms with Crippen molar-refractivity contribution in [1.82, 2.24) is 15.1 Å². The lowest BCUT2D eigenvalue weighted by atomic mass is 10.2. The third-order valence-corrected chi connectivity index (χ3v) is 4.24.